The van der Waals surface area contributed by atoms with Crippen LogP contribution >= 0.6 is 11.3 Å². The maximum absolute atomic E-state index is 12.3. The van der Waals surface area contributed by atoms with E-state index in [0.717, 1.165) is 11.3 Å². The van der Waals surface area contributed by atoms with E-state index in [0.29, 0.717) is 11.4 Å². The molecule has 1 aromatic heterocycles. The summed E-state index contributed by atoms with van der Waals surface area (Å²) in [5.74, 6) is -0.327. The van der Waals surface area contributed by atoms with Gasteiger partial charge in [-0.3, -0.25) is 9.59 Å². The monoisotopic (exact) mass is 302 g/mol. The Kier molecular flexibility index (Phi) is 5.11. The van der Waals surface area contributed by atoms with Gasteiger partial charge in [0.15, 0.2) is 0 Å². The van der Waals surface area contributed by atoms with Gasteiger partial charge in [0.2, 0.25) is 5.91 Å². The second-order valence-electron chi connectivity index (χ2n) is 4.64. The summed E-state index contributed by atoms with van der Waals surface area (Å²) in [6.45, 7) is 4.47. The molecule has 1 aromatic carbocycles. The lowest BCUT2D eigenvalue weighted by Crippen LogP contribution is -2.40. The standard InChI is InChI=1S/C16H18N2O2S/c1-3-18(13-7-4-6-12(2)10-13)15(19)11-17-16(20)14-8-5-9-21-14/h4-10H,3,11H2,1-2H3,(H,17,20). The highest BCUT2D eigenvalue weighted by Crippen LogP contribution is 2.15. The molecule has 0 radical (unpaired) electrons. The molecule has 1 heterocycles. The van der Waals surface area contributed by atoms with E-state index >= 15 is 0 Å². The zero-order valence-electron chi connectivity index (χ0n) is 12.1. The Balaban J connectivity index is 1.99. The number of nitrogens with zero attached hydrogens (tertiary/aromatic N) is 1. The molecule has 0 atom stereocenters. The number of carbonyl (C=O) groups excluding carboxylic acids is 2. The minimum atomic E-state index is -0.210. The second-order valence-corrected chi connectivity index (χ2v) is 5.58. The van der Waals surface area contributed by atoms with Crippen molar-refractivity contribution in [2.45, 2.75) is 13.8 Å². The maximum atomic E-state index is 12.3. The summed E-state index contributed by atoms with van der Waals surface area (Å²) >= 11 is 1.36. The molecule has 2 rings (SSSR count). The molecule has 5 heteroatoms. The molecular weight excluding hydrogens is 284 g/mol. The third kappa shape index (κ3) is 3.92. The van der Waals surface area contributed by atoms with Gasteiger partial charge in [-0.15, -0.1) is 11.3 Å². The number of hydrogen-bond donors (Lipinski definition) is 1. The summed E-state index contributed by atoms with van der Waals surface area (Å²) in [7, 11) is 0. The lowest BCUT2D eigenvalue weighted by atomic mass is 10.2. The first-order valence-electron chi connectivity index (χ1n) is 6.80. The summed E-state index contributed by atoms with van der Waals surface area (Å²) in [6.07, 6.45) is 0. The van der Waals surface area contributed by atoms with E-state index in [2.05, 4.69) is 5.32 Å². The highest BCUT2D eigenvalue weighted by Gasteiger charge is 2.15. The van der Waals surface area contributed by atoms with Crippen molar-refractivity contribution in [2.24, 2.45) is 0 Å². The van der Waals surface area contributed by atoms with Crippen LogP contribution in [0.3, 0.4) is 0 Å². The van der Waals surface area contributed by atoms with Crippen molar-refractivity contribution in [3.63, 3.8) is 0 Å². The van der Waals surface area contributed by atoms with Gasteiger partial charge in [-0.05, 0) is 43.0 Å². The predicted octanol–water partition coefficient (Wildman–Crippen LogP) is 2.84. The van der Waals surface area contributed by atoms with Gasteiger partial charge < -0.3 is 10.2 Å². The molecule has 1 N–H and O–H groups in total. The van der Waals surface area contributed by atoms with Crippen LogP contribution in [0.25, 0.3) is 0 Å². The number of aryl methyl sites for hydroxylation is 1. The van der Waals surface area contributed by atoms with E-state index in [1.54, 1.807) is 11.0 Å². The number of amides is 2. The minimum Gasteiger partial charge on any atom is -0.342 e. The first-order chi connectivity index (χ1) is 10.1. The minimum absolute atomic E-state index is 0.00147. The second kappa shape index (κ2) is 7.04. The Morgan fingerprint density at radius 3 is 2.67 bits per heavy atom. The first-order valence-corrected chi connectivity index (χ1v) is 7.68. The fourth-order valence-electron chi connectivity index (χ4n) is 2.04. The number of thiophene rings is 1. The van der Waals surface area contributed by atoms with E-state index in [4.69, 9.17) is 0 Å². The van der Waals surface area contributed by atoms with Gasteiger partial charge in [0.05, 0.1) is 11.4 Å². The summed E-state index contributed by atoms with van der Waals surface area (Å²) in [6, 6.07) is 11.3. The fraction of sp³-hybridized carbons (Fsp3) is 0.250. The predicted molar refractivity (Wildman–Crippen MR) is 85.9 cm³/mol. The Morgan fingerprint density at radius 1 is 1.24 bits per heavy atom. The summed E-state index contributed by atoms with van der Waals surface area (Å²) in [5, 5.41) is 4.50. The molecular formula is C16H18N2O2S. The molecule has 2 aromatic rings. The average Bonchev–Trinajstić information content (AvgIpc) is 3.00. The number of carbonyl (C=O) groups is 2. The molecule has 0 aliphatic rings. The van der Waals surface area contributed by atoms with Gasteiger partial charge in [0, 0.05) is 12.2 Å². The topological polar surface area (TPSA) is 49.4 Å². The molecule has 0 saturated carbocycles. The van der Waals surface area contributed by atoms with Crippen LogP contribution in [-0.4, -0.2) is 24.9 Å². The van der Waals surface area contributed by atoms with E-state index in [1.807, 2.05) is 49.6 Å². The third-order valence-electron chi connectivity index (χ3n) is 3.08. The number of hydrogen-bond acceptors (Lipinski definition) is 3. The highest BCUT2D eigenvalue weighted by molar-refractivity contribution is 7.12. The van der Waals surface area contributed by atoms with Crippen LogP contribution < -0.4 is 10.2 Å². The van der Waals surface area contributed by atoms with Crippen LogP contribution in [0, 0.1) is 6.92 Å². The van der Waals surface area contributed by atoms with Crippen molar-refractivity contribution in [1.29, 1.82) is 0 Å². The lowest BCUT2D eigenvalue weighted by molar-refractivity contribution is -0.117. The van der Waals surface area contributed by atoms with Crippen LogP contribution in [0.1, 0.15) is 22.2 Å². The number of likely N-dealkylation sites (N-methyl/N-ethyl adjacent to an activating group) is 1. The normalized spacial score (nSPS) is 10.2. The van der Waals surface area contributed by atoms with E-state index < -0.39 is 0 Å². The maximum Gasteiger partial charge on any atom is 0.261 e. The van der Waals surface area contributed by atoms with Crippen molar-refractivity contribution in [3.8, 4) is 0 Å². The van der Waals surface area contributed by atoms with E-state index in [1.165, 1.54) is 11.3 Å². The van der Waals surface area contributed by atoms with Crippen LogP contribution in [0.4, 0.5) is 5.69 Å². The fourth-order valence-corrected chi connectivity index (χ4v) is 2.69. The average molecular weight is 302 g/mol. The van der Waals surface area contributed by atoms with Crippen LogP contribution in [-0.2, 0) is 4.79 Å². The molecule has 0 bridgehead atoms. The van der Waals surface area contributed by atoms with E-state index in [9.17, 15) is 9.59 Å². The van der Waals surface area contributed by atoms with Crippen molar-refractivity contribution in [2.75, 3.05) is 18.0 Å². The van der Waals surface area contributed by atoms with Crippen LogP contribution in [0.15, 0.2) is 41.8 Å². The molecule has 0 spiro atoms. The van der Waals surface area contributed by atoms with Crippen molar-refractivity contribution < 1.29 is 9.59 Å². The smallest absolute Gasteiger partial charge is 0.261 e. The molecule has 0 aliphatic carbocycles. The molecule has 2 amide bonds. The number of nitrogens with one attached hydrogen (secondary N) is 1. The van der Waals surface area contributed by atoms with Gasteiger partial charge in [-0.25, -0.2) is 0 Å². The molecule has 0 saturated heterocycles. The first kappa shape index (κ1) is 15.3. The number of anilines is 1. The van der Waals surface area contributed by atoms with Gasteiger partial charge in [0.25, 0.3) is 5.91 Å². The number of benzene rings is 1. The molecule has 0 unspecified atom stereocenters. The highest BCUT2D eigenvalue weighted by atomic mass is 32.1. The summed E-state index contributed by atoms with van der Waals surface area (Å²) < 4.78 is 0. The van der Waals surface area contributed by atoms with Crippen LogP contribution in [0.5, 0.6) is 0 Å². The zero-order valence-corrected chi connectivity index (χ0v) is 12.9. The lowest BCUT2D eigenvalue weighted by Gasteiger charge is -2.21. The van der Waals surface area contributed by atoms with Crippen molar-refractivity contribution >= 4 is 28.8 Å². The van der Waals surface area contributed by atoms with Crippen LogP contribution in [0.2, 0.25) is 0 Å². The van der Waals surface area contributed by atoms with Gasteiger partial charge in [-0.1, -0.05) is 18.2 Å². The largest absolute Gasteiger partial charge is 0.342 e. The van der Waals surface area contributed by atoms with E-state index in [-0.39, 0.29) is 18.4 Å². The molecule has 0 fully saturated rings. The quantitative estimate of drug-likeness (QED) is 0.923. The SMILES string of the molecule is CCN(C(=O)CNC(=O)c1cccs1)c1cccc(C)c1. The molecule has 21 heavy (non-hydrogen) atoms. The van der Waals surface area contributed by atoms with Gasteiger partial charge >= 0.3 is 0 Å². The van der Waals surface area contributed by atoms with Gasteiger partial charge in [-0.2, -0.15) is 0 Å². The number of rotatable bonds is 5. The Hall–Kier alpha value is -2.14. The van der Waals surface area contributed by atoms with Crippen molar-refractivity contribution in [3.05, 3.63) is 52.2 Å². The third-order valence-corrected chi connectivity index (χ3v) is 3.94. The Labute approximate surface area is 128 Å². The Bertz CT molecular complexity index is 623. The Morgan fingerprint density at radius 2 is 2.05 bits per heavy atom. The zero-order chi connectivity index (χ0) is 15.2. The van der Waals surface area contributed by atoms with Gasteiger partial charge in [0.1, 0.15) is 0 Å². The molecule has 0 aliphatic heterocycles. The molecule has 4 nitrogen and oxygen atoms in total. The van der Waals surface area contributed by atoms with Crippen molar-refractivity contribution in [1.82, 2.24) is 5.32 Å². The summed E-state index contributed by atoms with van der Waals surface area (Å²) in [5.41, 5.74) is 1.95. The summed E-state index contributed by atoms with van der Waals surface area (Å²) in [4.78, 5) is 26.4. The molecule has 110 valence electrons.